The molecule has 0 aliphatic heterocycles. The Morgan fingerprint density at radius 1 is 0.955 bits per heavy atom. The summed E-state index contributed by atoms with van der Waals surface area (Å²) in [6.45, 7) is 5.99. The third kappa shape index (κ3) is 5.13. The van der Waals surface area contributed by atoms with Gasteiger partial charge in [-0.2, -0.15) is 0 Å². The molecule has 0 N–H and O–H groups in total. The van der Waals surface area contributed by atoms with Crippen LogP contribution >= 0.6 is 0 Å². The second kappa shape index (κ2) is 6.98. The average molecular weight is 300 g/mol. The molecule has 0 spiro atoms. The Hall–Kier alpha value is -2.49. The molecule has 0 aliphatic carbocycles. The summed E-state index contributed by atoms with van der Waals surface area (Å²) in [6.07, 6.45) is -0.739. The Morgan fingerprint density at radius 2 is 1.59 bits per heavy atom. The van der Waals surface area contributed by atoms with E-state index in [0.717, 1.165) is 5.56 Å². The molecule has 0 amide bonds. The molecule has 0 bridgehead atoms. The maximum atomic E-state index is 11.7. The maximum Gasteiger partial charge on any atom is 0.514 e. The molecule has 0 unspecified atom stereocenters. The summed E-state index contributed by atoms with van der Waals surface area (Å²) < 4.78 is 16.1. The van der Waals surface area contributed by atoms with Crippen molar-refractivity contribution >= 4 is 6.16 Å². The zero-order valence-corrected chi connectivity index (χ0v) is 13.0. The fourth-order valence-corrected chi connectivity index (χ4v) is 1.80. The first kappa shape index (κ1) is 15.9. The minimum absolute atomic E-state index is 0.0952. The van der Waals surface area contributed by atoms with Gasteiger partial charge in [-0.05, 0) is 39.0 Å². The van der Waals surface area contributed by atoms with Crippen LogP contribution in [0.1, 0.15) is 26.3 Å². The van der Waals surface area contributed by atoms with Gasteiger partial charge in [-0.25, -0.2) is 4.79 Å². The summed E-state index contributed by atoms with van der Waals surface area (Å²) in [6, 6.07) is 16.3. The van der Waals surface area contributed by atoms with Gasteiger partial charge >= 0.3 is 6.16 Å². The molecule has 0 saturated carbocycles. The van der Waals surface area contributed by atoms with Crippen molar-refractivity contribution < 1.29 is 19.0 Å². The van der Waals surface area contributed by atoms with E-state index in [2.05, 4.69) is 0 Å². The zero-order chi connectivity index (χ0) is 16.0. The van der Waals surface area contributed by atoms with Crippen LogP contribution in [0.5, 0.6) is 11.5 Å². The Morgan fingerprint density at radius 3 is 2.27 bits per heavy atom. The highest BCUT2D eigenvalue weighted by molar-refractivity contribution is 5.63. The van der Waals surface area contributed by atoms with Gasteiger partial charge in [-0.3, -0.25) is 0 Å². The Balaban J connectivity index is 1.95. The molecule has 116 valence electrons. The van der Waals surface area contributed by atoms with Crippen LogP contribution in [0.25, 0.3) is 0 Å². The molecule has 4 nitrogen and oxygen atoms in total. The highest BCUT2D eigenvalue weighted by Gasteiger charge is 2.15. The molecule has 22 heavy (non-hydrogen) atoms. The quantitative estimate of drug-likeness (QED) is 0.612. The fraction of sp³-hybridized carbons (Fsp3) is 0.278. The monoisotopic (exact) mass is 300 g/mol. The van der Waals surface area contributed by atoms with Gasteiger partial charge in [0.05, 0.1) is 0 Å². The molecule has 4 heteroatoms. The molecule has 2 rings (SSSR count). The van der Waals surface area contributed by atoms with E-state index in [1.54, 1.807) is 24.3 Å². The summed E-state index contributed by atoms with van der Waals surface area (Å²) in [7, 11) is 0. The predicted octanol–water partition coefficient (Wildman–Crippen LogP) is 4.58. The van der Waals surface area contributed by atoms with E-state index in [1.807, 2.05) is 51.1 Å². The maximum absolute atomic E-state index is 11.7. The van der Waals surface area contributed by atoms with Gasteiger partial charge in [0.2, 0.25) is 0 Å². The summed E-state index contributed by atoms with van der Waals surface area (Å²) in [4.78, 5) is 11.7. The number of carbonyl (C=O) groups excluding carboxylic acids is 1. The van der Waals surface area contributed by atoms with E-state index in [1.165, 1.54) is 0 Å². The number of para-hydroxylation sites is 2. The second-order valence-electron chi connectivity index (χ2n) is 5.78. The van der Waals surface area contributed by atoms with E-state index >= 15 is 0 Å². The molecule has 0 atom stereocenters. The van der Waals surface area contributed by atoms with Crippen molar-refractivity contribution in [2.75, 3.05) is 0 Å². The van der Waals surface area contributed by atoms with Gasteiger partial charge in [0.15, 0.2) is 0 Å². The molecular weight excluding hydrogens is 280 g/mol. The highest BCUT2D eigenvalue weighted by atomic mass is 16.7. The molecule has 0 aromatic heterocycles. The molecule has 0 fully saturated rings. The fourth-order valence-electron chi connectivity index (χ4n) is 1.80. The van der Waals surface area contributed by atoms with Crippen molar-refractivity contribution in [3.8, 4) is 11.5 Å². The molecule has 2 aromatic carbocycles. The van der Waals surface area contributed by atoms with Crippen LogP contribution < -0.4 is 9.47 Å². The first-order valence-electron chi connectivity index (χ1n) is 7.11. The van der Waals surface area contributed by atoms with E-state index in [0.29, 0.717) is 11.5 Å². The van der Waals surface area contributed by atoms with Gasteiger partial charge in [-0.15, -0.1) is 0 Å². The molecule has 0 heterocycles. The Labute approximate surface area is 130 Å². The highest BCUT2D eigenvalue weighted by Crippen LogP contribution is 2.23. The lowest BCUT2D eigenvalue weighted by atomic mass is 10.1. The van der Waals surface area contributed by atoms with E-state index in [-0.39, 0.29) is 12.2 Å². The van der Waals surface area contributed by atoms with Crippen molar-refractivity contribution in [1.29, 1.82) is 0 Å². The smallest absolute Gasteiger partial charge is 0.488 e. The van der Waals surface area contributed by atoms with Gasteiger partial charge < -0.3 is 14.2 Å². The van der Waals surface area contributed by atoms with Crippen molar-refractivity contribution in [2.45, 2.75) is 33.0 Å². The van der Waals surface area contributed by atoms with Crippen LogP contribution in [0.4, 0.5) is 4.79 Å². The van der Waals surface area contributed by atoms with Crippen molar-refractivity contribution in [2.24, 2.45) is 0 Å². The number of hydrogen-bond acceptors (Lipinski definition) is 4. The summed E-state index contributed by atoms with van der Waals surface area (Å²) in [5.74, 6) is 1.15. The van der Waals surface area contributed by atoms with Crippen LogP contribution in [-0.4, -0.2) is 11.8 Å². The number of rotatable bonds is 4. The molecule has 2 aromatic rings. The van der Waals surface area contributed by atoms with Gasteiger partial charge in [-0.1, -0.05) is 36.4 Å². The molecular formula is C18H20O4. The van der Waals surface area contributed by atoms with Crippen LogP contribution in [0.3, 0.4) is 0 Å². The predicted molar refractivity (Wildman–Crippen MR) is 84.1 cm³/mol. The van der Waals surface area contributed by atoms with Crippen LogP contribution in [0.15, 0.2) is 54.6 Å². The summed E-state index contributed by atoms with van der Waals surface area (Å²) in [5, 5.41) is 0. The Bertz CT molecular complexity index is 614. The number of benzene rings is 2. The SMILES string of the molecule is CC(C)(C)Oc1ccccc1COC(=O)Oc1ccccc1. The zero-order valence-electron chi connectivity index (χ0n) is 13.0. The number of hydrogen-bond donors (Lipinski definition) is 0. The number of ether oxygens (including phenoxy) is 3. The lowest BCUT2D eigenvalue weighted by Crippen LogP contribution is -2.23. The molecule has 0 aliphatic rings. The van der Waals surface area contributed by atoms with Crippen LogP contribution in [0, 0.1) is 0 Å². The van der Waals surface area contributed by atoms with Gasteiger partial charge in [0.1, 0.15) is 23.7 Å². The lowest BCUT2D eigenvalue weighted by Gasteiger charge is -2.23. The first-order chi connectivity index (χ1) is 10.4. The van der Waals surface area contributed by atoms with Gasteiger partial charge in [0.25, 0.3) is 0 Å². The van der Waals surface area contributed by atoms with Crippen LogP contribution in [0.2, 0.25) is 0 Å². The normalized spacial score (nSPS) is 10.9. The van der Waals surface area contributed by atoms with E-state index in [4.69, 9.17) is 14.2 Å². The van der Waals surface area contributed by atoms with E-state index < -0.39 is 6.16 Å². The Kier molecular flexibility index (Phi) is 5.04. The minimum Gasteiger partial charge on any atom is -0.488 e. The third-order valence-corrected chi connectivity index (χ3v) is 2.68. The standard InChI is InChI=1S/C18H20O4/c1-18(2,3)22-16-12-8-7-9-14(16)13-20-17(19)21-15-10-5-4-6-11-15/h4-12H,13H2,1-3H3. The molecule has 0 saturated heterocycles. The van der Waals surface area contributed by atoms with Gasteiger partial charge in [0, 0.05) is 5.56 Å². The minimum atomic E-state index is -0.739. The number of carbonyl (C=O) groups is 1. The first-order valence-corrected chi connectivity index (χ1v) is 7.11. The average Bonchev–Trinajstić information content (AvgIpc) is 2.46. The largest absolute Gasteiger partial charge is 0.514 e. The van der Waals surface area contributed by atoms with Crippen molar-refractivity contribution in [3.63, 3.8) is 0 Å². The second-order valence-corrected chi connectivity index (χ2v) is 5.78. The van der Waals surface area contributed by atoms with Crippen molar-refractivity contribution in [3.05, 3.63) is 60.2 Å². The third-order valence-electron chi connectivity index (χ3n) is 2.68. The van der Waals surface area contributed by atoms with Crippen molar-refractivity contribution in [1.82, 2.24) is 0 Å². The molecule has 0 radical (unpaired) electrons. The lowest BCUT2D eigenvalue weighted by molar-refractivity contribution is 0.0884. The summed E-state index contributed by atoms with van der Waals surface area (Å²) >= 11 is 0. The van der Waals surface area contributed by atoms with Crippen LogP contribution in [-0.2, 0) is 11.3 Å². The summed E-state index contributed by atoms with van der Waals surface area (Å²) in [5.41, 5.74) is 0.475. The van der Waals surface area contributed by atoms with E-state index in [9.17, 15) is 4.79 Å². The topological polar surface area (TPSA) is 44.8 Å².